The van der Waals surface area contributed by atoms with Gasteiger partial charge in [0, 0.05) is 17.8 Å². The van der Waals surface area contributed by atoms with Crippen LogP contribution in [0.4, 0.5) is 13.2 Å². The smallest absolute Gasteiger partial charge is 0.417 e. The molecule has 0 radical (unpaired) electrons. The fourth-order valence-electron chi connectivity index (χ4n) is 2.62. The van der Waals surface area contributed by atoms with E-state index < -0.39 is 16.9 Å². The van der Waals surface area contributed by atoms with Crippen LogP contribution in [0.15, 0.2) is 42.5 Å². The van der Waals surface area contributed by atoms with Gasteiger partial charge < -0.3 is 9.47 Å². The Kier molecular flexibility index (Phi) is 6.12. The standard InChI is InChI=1S/C19H22F3O2P/c1-13-9-10-16(24-12-23-4)15(11-13)18(2,3)25-17-8-6-5-7-14(17)19(20,21)22/h5-11,25H,12H2,1-4H3. The van der Waals surface area contributed by atoms with Gasteiger partial charge in [-0.05, 0) is 24.4 Å². The minimum atomic E-state index is -4.36. The molecule has 2 aromatic carbocycles. The predicted molar refractivity (Wildman–Crippen MR) is 96.1 cm³/mol. The third-order valence-electron chi connectivity index (χ3n) is 3.82. The number of rotatable bonds is 6. The molecule has 0 aliphatic carbocycles. The summed E-state index contributed by atoms with van der Waals surface area (Å²) in [5.74, 6) is 0.634. The molecular weight excluding hydrogens is 348 g/mol. The summed E-state index contributed by atoms with van der Waals surface area (Å²) < 4.78 is 50.5. The molecule has 0 N–H and O–H groups in total. The third-order valence-corrected chi connectivity index (χ3v) is 5.42. The van der Waals surface area contributed by atoms with E-state index in [0.717, 1.165) is 17.2 Å². The molecule has 2 nitrogen and oxygen atoms in total. The first-order valence-corrected chi connectivity index (χ1v) is 8.82. The Morgan fingerprint density at radius 3 is 2.32 bits per heavy atom. The van der Waals surface area contributed by atoms with Crippen molar-refractivity contribution in [3.8, 4) is 5.75 Å². The molecule has 0 saturated carbocycles. The monoisotopic (exact) mass is 370 g/mol. The first-order chi connectivity index (χ1) is 11.6. The van der Waals surface area contributed by atoms with Crippen molar-refractivity contribution in [2.24, 2.45) is 0 Å². The number of halogens is 3. The summed E-state index contributed by atoms with van der Waals surface area (Å²) in [6.07, 6.45) is -4.36. The maximum atomic E-state index is 13.3. The maximum Gasteiger partial charge on any atom is 0.417 e. The molecule has 0 saturated heterocycles. The van der Waals surface area contributed by atoms with Gasteiger partial charge in [0.1, 0.15) is 5.75 Å². The average molecular weight is 370 g/mol. The van der Waals surface area contributed by atoms with Crippen molar-refractivity contribution in [2.75, 3.05) is 13.9 Å². The van der Waals surface area contributed by atoms with Crippen LogP contribution in [-0.4, -0.2) is 13.9 Å². The van der Waals surface area contributed by atoms with Crippen molar-refractivity contribution < 1.29 is 22.6 Å². The summed E-state index contributed by atoms with van der Waals surface area (Å²) >= 11 is 0. The van der Waals surface area contributed by atoms with Crippen molar-refractivity contribution in [1.82, 2.24) is 0 Å². The van der Waals surface area contributed by atoms with Crippen molar-refractivity contribution >= 4 is 13.9 Å². The predicted octanol–water partition coefficient (Wildman–Crippen LogP) is 5.24. The normalized spacial score (nSPS) is 12.8. The summed E-state index contributed by atoms with van der Waals surface area (Å²) in [5.41, 5.74) is 1.33. The highest BCUT2D eigenvalue weighted by Gasteiger charge is 2.35. The molecule has 0 amide bonds. The molecule has 1 unspecified atom stereocenters. The van der Waals surface area contributed by atoms with E-state index in [1.165, 1.54) is 13.2 Å². The number of hydrogen-bond acceptors (Lipinski definition) is 2. The third kappa shape index (κ3) is 4.96. The van der Waals surface area contributed by atoms with Crippen molar-refractivity contribution in [3.05, 3.63) is 59.2 Å². The Morgan fingerprint density at radius 2 is 1.68 bits per heavy atom. The van der Waals surface area contributed by atoms with Crippen molar-refractivity contribution in [1.29, 1.82) is 0 Å². The van der Waals surface area contributed by atoms with Gasteiger partial charge >= 0.3 is 6.18 Å². The first-order valence-electron chi connectivity index (χ1n) is 7.82. The van der Waals surface area contributed by atoms with Crippen LogP contribution in [0.3, 0.4) is 0 Å². The molecule has 25 heavy (non-hydrogen) atoms. The second-order valence-corrected chi connectivity index (χ2v) is 8.38. The first kappa shape index (κ1) is 19.7. The lowest BCUT2D eigenvalue weighted by Gasteiger charge is -2.29. The van der Waals surface area contributed by atoms with Gasteiger partial charge in [-0.1, -0.05) is 58.3 Å². The van der Waals surface area contributed by atoms with Crippen LogP contribution >= 0.6 is 8.58 Å². The zero-order valence-electron chi connectivity index (χ0n) is 14.7. The van der Waals surface area contributed by atoms with Crippen LogP contribution in [0.2, 0.25) is 0 Å². The van der Waals surface area contributed by atoms with Crippen LogP contribution in [0.25, 0.3) is 0 Å². The molecule has 1 atom stereocenters. The van der Waals surface area contributed by atoms with E-state index in [2.05, 4.69) is 0 Å². The van der Waals surface area contributed by atoms with Crippen molar-refractivity contribution in [3.63, 3.8) is 0 Å². The Balaban J connectivity index is 2.42. The van der Waals surface area contributed by atoms with Gasteiger partial charge in [0.25, 0.3) is 0 Å². The van der Waals surface area contributed by atoms with Crippen molar-refractivity contribution in [2.45, 2.75) is 32.1 Å². The number of benzene rings is 2. The molecule has 0 aliphatic heterocycles. The Bertz CT molecular complexity index is 727. The van der Waals surface area contributed by atoms with Crippen LogP contribution in [0.5, 0.6) is 5.75 Å². The highest BCUT2D eigenvalue weighted by molar-refractivity contribution is 7.48. The zero-order valence-corrected chi connectivity index (χ0v) is 15.7. The van der Waals surface area contributed by atoms with E-state index in [9.17, 15) is 13.2 Å². The van der Waals surface area contributed by atoms with E-state index in [-0.39, 0.29) is 15.4 Å². The fourth-order valence-corrected chi connectivity index (χ4v) is 4.17. The molecule has 2 rings (SSSR count). The molecule has 0 spiro atoms. The Labute approximate surface area is 148 Å². The van der Waals surface area contributed by atoms with E-state index in [0.29, 0.717) is 11.1 Å². The van der Waals surface area contributed by atoms with E-state index in [1.54, 1.807) is 12.1 Å². The number of aryl methyl sites for hydroxylation is 1. The summed E-state index contributed by atoms with van der Waals surface area (Å²) in [5, 5.41) is -0.213. The van der Waals surface area contributed by atoms with E-state index in [4.69, 9.17) is 9.47 Å². The highest BCUT2D eigenvalue weighted by Crippen LogP contribution is 2.46. The van der Waals surface area contributed by atoms with Gasteiger partial charge in [0.05, 0.1) is 5.56 Å². The molecule has 136 valence electrons. The average Bonchev–Trinajstić information content (AvgIpc) is 2.52. The largest absolute Gasteiger partial charge is 0.467 e. The van der Waals surface area contributed by atoms with E-state index in [1.807, 2.05) is 39.0 Å². The molecule has 6 heteroatoms. The topological polar surface area (TPSA) is 18.5 Å². The molecular formula is C19H22F3O2P. The second-order valence-electron chi connectivity index (χ2n) is 6.34. The number of ether oxygens (including phenoxy) is 2. The van der Waals surface area contributed by atoms with E-state index >= 15 is 0 Å². The molecule has 0 bridgehead atoms. The van der Waals surface area contributed by atoms with Crippen LogP contribution in [0.1, 0.15) is 30.5 Å². The quantitative estimate of drug-likeness (QED) is 0.512. The maximum absolute atomic E-state index is 13.3. The van der Waals surface area contributed by atoms with Crippen LogP contribution in [-0.2, 0) is 16.1 Å². The van der Waals surface area contributed by atoms with Gasteiger partial charge in [-0.3, -0.25) is 0 Å². The summed E-state index contributed by atoms with van der Waals surface area (Å²) in [6, 6.07) is 11.5. The number of alkyl halides is 3. The molecule has 0 aliphatic rings. The SMILES string of the molecule is COCOc1ccc(C)cc1C(C)(C)Pc1ccccc1C(F)(F)F. The minimum Gasteiger partial charge on any atom is -0.467 e. The van der Waals surface area contributed by atoms with Gasteiger partial charge in [0.2, 0.25) is 0 Å². The number of hydrogen-bond donors (Lipinski definition) is 0. The summed E-state index contributed by atoms with van der Waals surface area (Å²) in [4.78, 5) is 0. The Morgan fingerprint density at radius 1 is 1.00 bits per heavy atom. The lowest BCUT2D eigenvalue weighted by atomic mass is 9.99. The fraction of sp³-hybridized carbons (Fsp3) is 0.368. The number of methoxy groups -OCH3 is 1. The van der Waals surface area contributed by atoms with Gasteiger partial charge in [0.15, 0.2) is 6.79 Å². The molecule has 0 fully saturated rings. The zero-order chi connectivity index (χ0) is 18.7. The summed E-state index contributed by atoms with van der Waals surface area (Å²) in [7, 11) is 1.47. The van der Waals surface area contributed by atoms with Gasteiger partial charge in [-0.25, -0.2) is 0 Å². The minimum absolute atomic E-state index is 0.0620. The van der Waals surface area contributed by atoms with Gasteiger partial charge in [-0.2, -0.15) is 13.2 Å². The molecule has 2 aromatic rings. The van der Waals surface area contributed by atoms with Crippen LogP contribution < -0.4 is 10.0 Å². The Hall–Kier alpha value is -1.58. The lowest BCUT2D eigenvalue weighted by Crippen LogP contribution is -2.22. The lowest BCUT2D eigenvalue weighted by molar-refractivity contribution is -0.136. The van der Waals surface area contributed by atoms with Crippen LogP contribution in [0, 0.1) is 6.92 Å². The summed E-state index contributed by atoms with van der Waals surface area (Å²) in [6.45, 7) is 5.92. The molecule has 0 aromatic heterocycles. The molecule has 0 heterocycles. The van der Waals surface area contributed by atoms with Gasteiger partial charge in [-0.15, -0.1) is 0 Å². The second kappa shape index (κ2) is 7.76. The highest BCUT2D eigenvalue weighted by atomic mass is 31.1.